The van der Waals surface area contributed by atoms with Crippen LogP contribution in [0.1, 0.15) is 52.9 Å². The third kappa shape index (κ3) is 6.13. The van der Waals surface area contributed by atoms with E-state index in [1.807, 2.05) is 7.05 Å². The van der Waals surface area contributed by atoms with E-state index in [0.717, 1.165) is 61.2 Å². The minimum absolute atomic E-state index is 0.410. The van der Waals surface area contributed by atoms with Gasteiger partial charge in [-0.15, -0.1) is 0 Å². The van der Waals surface area contributed by atoms with Crippen LogP contribution in [0, 0.1) is 11.3 Å². The number of nitrogens with one attached hydrogen (secondary N) is 1. The van der Waals surface area contributed by atoms with Gasteiger partial charge in [0, 0.05) is 38.8 Å². The van der Waals surface area contributed by atoms with E-state index in [9.17, 15) is 9.65 Å². The van der Waals surface area contributed by atoms with Crippen molar-refractivity contribution in [2.24, 2.45) is 0 Å². The molecule has 0 aliphatic carbocycles. The van der Waals surface area contributed by atoms with Crippen LogP contribution in [0.2, 0.25) is 0 Å². The first-order valence-corrected chi connectivity index (χ1v) is 8.95. The van der Waals surface area contributed by atoms with E-state index in [0.29, 0.717) is 13.0 Å². The van der Waals surface area contributed by atoms with Crippen molar-refractivity contribution in [3.8, 4) is 6.07 Å². The maximum Gasteiger partial charge on any atom is 0.101 e. The second-order valence-electron chi connectivity index (χ2n) is 6.77. The molecule has 0 aromatic carbocycles. The third-order valence-electron chi connectivity index (χ3n) is 4.51. The fraction of sp³-hybridized carbons (Fsp3) is 0.650. The highest BCUT2D eigenvalue weighted by Crippen LogP contribution is 2.27. The Hall–Kier alpha value is -1.60. The molecule has 0 saturated heterocycles. The van der Waals surface area contributed by atoms with E-state index in [2.05, 4.69) is 36.7 Å². The highest BCUT2D eigenvalue weighted by atomic mass is 19.1. The van der Waals surface area contributed by atoms with Crippen LogP contribution in [-0.2, 0) is 0 Å². The smallest absolute Gasteiger partial charge is 0.101 e. The Bertz CT molecular complexity index is 538. The molecule has 1 aliphatic heterocycles. The van der Waals surface area contributed by atoms with Crippen molar-refractivity contribution < 1.29 is 4.39 Å². The van der Waals surface area contributed by atoms with Crippen molar-refractivity contribution in [1.29, 1.82) is 5.26 Å². The van der Waals surface area contributed by atoms with Gasteiger partial charge in [-0.2, -0.15) is 5.26 Å². The predicted molar refractivity (Wildman–Crippen MR) is 99.3 cm³/mol. The number of alkyl halides is 1. The molecule has 1 N–H and O–H groups in total. The van der Waals surface area contributed by atoms with E-state index in [-0.39, 0.29) is 0 Å². The van der Waals surface area contributed by atoms with Gasteiger partial charge in [0.05, 0.1) is 5.57 Å². The summed E-state index contributed by atoms with van der Waals surface area (Å²) in [5, 5.41) is 12.9. The molecule has 0 fully saturated rings. The zero-order chi connectivity index (χ0) is 18.1. The molecule has 1 heterocycles. The zero-order valence-electron chi connectivity index (χ0n) is 15.7. The molecule has 24 heavy (non-hydrogen) atoms. The monoisotopic (exact) mass is 333 g/mol. The molecular weight excluding hydrogens is 301 g/mol. The minimum Gasteiger partial charge on any atom is -0.390 e. The number of allylic oxidation sites excluding steroid dienone is 1. The van der Waals surface area contributed by atoms with Gasteiger partial charge >= 0.3 is 0 Å². The average molecular weight is 333 g/mol. The molecule has 0 bridgehead atoms. The van der Waals surface area contributed by atoms with E-state index >= 15 is 0 Å². The number of hydrogen-bond donors (Lipinski definition) is 1. The number of halogens is 1. The van der Waals surface area contributed by atoms with Gasteiger partial charge in [-0.25, -0.2) is 4.39 Å². The Kier molecular flexibility index (Phi) is 8.78. The van der Waals surface area contributed by atoms with Crippen molar-refractivity contribution in [2.75, 3.05) is 26.7 Å². The first kappa shape index (κ1) is 20.4. The van der Waals surface area contributed by atoms with Gasteiger partial charge in [-0.1, -0.05) is 31.1 Å². The Labute approximate surface area is 146 Å². The summed E-state index contributed by atoms with van der Waals surface area (Å²) >= 11 is 0. The summed E-state index contributed by atoms with van der Waals surface area (Å²) in [4.78, 5) is 2.28. The van der Waals surface area contributed by atoms with E-state index in [1.54, 1.807) is 6.92 Å². The summed E-state index contributed by atoms with van der Waals surface area (Å²) in [5.74, 6) is 0. The first-order chi connectivity index (χ1) is 11.4. The Morgan fingerprint density at radius 2 is 2.21 bits per heavy atom. The second kappa shape index (κ2) is 10.3. The summed E-state index contributed by atoms with van der Waals surface area (Å²) in [7, 11) is 1.89. The summed E-state index contributed by atoms with van der Waals surface area (Å²) in [5.41, 5.74) is 5.16. The van der Waals surface area contributed by atoms with Crippen LogP contribution in [0.15, 0.2) is 34.6 Å². The molecule has 3 nitrogen and oxygen atoms in total. The number of nitriles is 1. The van der Waals surface area contributed by atoms with Crippen LogP contribution < -0.4 is 5.32 Å². The summed E-state index contributed by atoms with van der Waals surface area (Å²) in [6.07, 6.45) is 3.59. The standard InChI is InChI=1S/C20H32FN3/c1-6-7-8-20(23-5)18(12-22)19-14-24(10-9-16(19)3)13-15(2)11-17(4)21/h17,23H,2,6-11,13-14H2,1,3-5H3/b20-18+. The normalized spacial score (nSPS) is 18.0. The molecule has 1 atom stereocenters. The molecule has 0 aromatic heterocycles. The first-order valence-electron chi connectivity index (χ1n) is 8.95. The molecule has 0 saturated carbocycles. The maximum absolute atomic E-state index is 13.2. The molecule has 4 heteroatoms. The van der Waals surface area contributed by atoms with Crippen LogP contribution in [-0.4, -0.2) is 37.8 Å². The van der Waals surface area contributed by atoms with Crippen LogP contribution in [0.5, 0.6) is 0 Å². The van der Waals surface area contributed by atoms with Crippen LogP contribution >= 0.6 is 0 Å². The predicted octanol–water partition coefficient (Wildman–Crippen LogP) is 4.50. The third-order valence-corrected chi connectivity index (χ3v) is 4.51. The topological polar surface area (TPSA) is 39.1 Å². The molecule has 0 aromatic rings. The van der Waals surface area contributed by atoms with Gasteiger partial charge in [0.1, 0.15) is 12.2 Å². The van der Waals surface area contributed by atoms with E-state index in [4.69, 9.17) is 0 Å². The number of rotatable bonds is 9. The van der Waals surface area contributed by atoms with Crippen molar-refractivity contribution in [1.82, 2.24) is 10.2 Å². The molecule has 1 unspecified atom stereocenters. The van der Waals surface area contributed by atoms with Gasteiger partial charge in [-0.05, 0) is 38.7 Å². The molecule has 0 amide bonds. The quantitative estimate of drug-likeness (QED) is 0.499. The van der Waals surface area contributed by atoms with E-state index in [1.165, 1.54) is 5.57 Å². The molecule has 0 spiro atoms. The van der Waals surface area contributed by atoms with Gasteiger partial charge in [0.25, 0.3) is 0 Å². The summed E-state index contributed by atoms with van der Waals surface area (Å²) in [6.45, 7) is 12.2. The van der Waals surface area contributed by atoms with E-state index < -0.39 is 6.17 Å². The van der Waals surface area contributed by atoms with Crippen LogP contribution in [0.25, 0.3) is 0 Å². The second-order valence-corrected chi connectivity index (χ2v) is 6.77. The zero-order valence-corrected chi connectivity index (χ0v) is 15.7. The highest BCUT2D eigenvalue weighted by Gasteiger charge is 2.22. The van der Waals surface area contributed by atoms with Crippen molar-refractivity contribution >= 4 is 0 Å². The Morgan fingerprint density at radius 1 is 1.50 bits per heavy atom. The van der Waals surface area contributed by atoms with Crippen molar-refractivity contribution in [3.05, 3.63) is 34.6 Å². The number of nitrogens with zero attached hydrogens (tertiary/aromatic N) is 2. The van der Waals surface area contributed by atoms with Crippen LogP contribution in [0.3, 0.4) is 0 Å². The molecule has 1 aliphatic rings. The lowest BCUT2D eigenvalue weighted by molar-refractivity contribution is 0.294. The van der Waals surface area contributed by atoms with Gasteiger partial charge < -0.3 is 5.32 Å². The minimum atomic E-state index is -0.849. The number of unbranched alkanes of at least 4 members (excludes halogenated alkanes) is 1. The van der Waals surface area contributed by atoms with Crippen molar-refractivity contribution in [3.63, 3.8) is 0 Å². The average Bonchev–Trinajstić information content (AvgIpc) is 2.53. The lowest BCUT2D eigenvalue weighted by Crippen LogP contribution is -2.34. The molecule has 134 valence electrons. The largest absolute Gasteiger partial charge is 0.390 e. The van der Waals surface area contributed by atoms with Crippen molar-refractivity contribution in [2.45, 2.75) is 59.0 Å². The van der Waals surface area contributed by atoms with Gasteiger partial charge in [0.15, 0.2) is 0 Å². The Balaban J connectivity index is 2.93. The van der Waals surface area contributed by atoms with Gasteiger partial charge in [-0.3, -0.25) is 4.90 Å². The summed E-state index contributed by atoms with van der Waals surface area (Å²) < 4.78 is 13.2. The number of hydrogen-bond acceptors (Lipinski definition) is 3. The lowest BCUT2D eigenvalue weighted by atomic mass is 9.92. The fourth-order valence-electron chi connectivity index (χ4n) is 3.17. The fourth-order valence-corrected chi connectivity index (χ4v) is 3.17. The summed E-state index contributed by atoms with van der Waals surface area (Å²) in [6, 6.07) is 2.42. The lowest BCUT2D eigenvalue weighted by Gasteiger charge is -2.31. The maximum atomic E-state index is 13.2. The SMILES string of the molecule is C=C(CC(C)F)CN1CCC(C)=C(/C(C#N)=C(\CCCC)NC)C1. The van der Waals surface area contributed by atoms with Crippen LogP contribution in [0.4, 0.5) is 4.39 Å². The van der Waals surface area contributed by atoms with Gasteiger partial charge in [0.2, 0.25) is 0 Å². The molecule has 0 radical (unpaired) electrons. The molecule has 1 rings (SSSR count). The Morgan fingerprint density at radius 3 is 2.75 bits per heavy atom. The highest BCUT2D eigenvalue weighted by molar-refractivity contribution is 5.49. The molecular formula is C20H32FN3.